The molecule has 1 aliphatic heterocycles. The summed E-state index contributed by atoms with van der Waals surface area (Å²) >= 11 is 0. The van der Waals surface area contributed by atoms with Crippen molar-refractivity contribution in [3.8, 4) is 0 Å². The van der Waals surface area contributed by atoms with Gasteiger partial charge in [0.15, 0.2) is 5.79 Å². The van der Waals surface area contributed by atoms with Gasteiger partial charge in [0.05, 0.1) is 6.61 Å². The second-order valence-electron chi connectivity index (χ2n) is 6.78. The fraction of sp³-hybridized carbons (Fsp3) is 0.688. The van der Waals surface area contributed by atoms with Crippen LogP contribution in [0.4, 0.5) is 5.82 Å². The average Bonchev–Trinajstić information content (AvgIpc) is 3.15. The Hall–Kier alpha value is -1.73. The molecule has 1 saturated heterocycles. The molecule has 0 radical (unpaired) electrons. The molecule has 1 saturated carbocycles. The zero-order valence-electron chi connectivity index (χ0n) is 13.7. The van der Waals surface area contributed by atoms with E-state index in [0.717, 1.165) is 30.3 Å². The van der Waals surface area contributed by atoms with Crippen molar-refractivity contribution in [3.63, 3.8) is 0 Å². The molecule has 2 fully saturated rings. The summed E-state index contributed by atoms with van der Waals surface area (Å²) < 4.78 is 14.0. The lowest BCUT2D eigenvalue weighted by Crippen LogP contribution is -2.36. The Morgan fingerprint density at radius 3 is 3.04 bits per heavy atom. The van der Waals surface area contributed by atoms with Crippen LogP contribution in [0.5, 0.6) is 0 Å². The first-order valence-electron chi connectivity index (χ1n) is 8.37. The molecule has 1 N–H and O–H groups in total. The fourth-order valence-electron chi connectivity index (χ4n) is 3.46. The van der Waals surface area contributed by atoms with E-state index in [1.54, 1.807) is 4.52 Å². The predicted molar refractivity (Wildman–Crippen MR) is 85.2 cm³/mol. The van der Waals surface area contributed by atoms with Crippen molar-refractivity contribution in [1.82, 2.24) is 19.6 Å². The largest absolute Gasteiger partial charge is 0.367 e. The number of ether oxygens (including phenoxy) is 2. The number of nitrogens with one attached hydrogen (secondary N) is 1. The van der Waals surface area contributed by atoms with Gasteiger partial charge in [-0.05, 0) is 25.7 Å². The Kier molecular flexibility index (Phi) is 3.69. The lowest BCUT2D eigenvalue weighted by atomic mass is 9.86. The molecule has 3 heterocycles. The van der Waals surface area contributed by atoms with Gasteiger partial charge in [0, 0.05) is 31.1 Å². The average molecular weight is 317 g/mol. The van der Waals surface area contributed by atoms with Crippen molar-refractivity contribution < 1.29 is 9.47 Å². The van der Waals surface area contributed by atoms with E-state index in [-0.39, 0.29) is 11.9 Å². The highest BCUT2D eigenvalue weighted by Crippen LogP contribution is 2.39. The smallest absolute Gasteiger partial charge is 0.254 e. The standard InChI is InChI=1S/C16H23N5O2/c1-11-3-5-16(6-4-11)22-9-13(23-16)8-17-14-7-12(2)20-15-18-10-19-21(14)15/h7,10-11,13,17H,3-6,8-9H2,1-2H3. The van der Waals surface area contributed by atoms with Crippen molar-refractivity contribution in [2.45, 2.75) is 51.4 Å². The van der Waals surface area contributed by atoms with Crippen LogP contribution in [0.25, 0.3) is 5.78 Å². The molecule has 2 aromatic heterocycles. The van der Waals surface area contributed by atoms with Crippen LogP contribution in [0.2, 0.25) is 0 Å². The zero-order chi connectivity index (χ0) is 15.9. The third-order valence-electron chi connectivity index (χ3n) is 4.84. The van der Waals surface area contributed by atoms with Crippen LogP contribution in [0.15, 0.2) is 12.4 Å². The first kappa shape index (κ1) is 14.8. The summed E-state index contributed by atoms with van der Waals surface area (Å²) in [6.07, 6.45) is 5.96. The van der Waals surface area contributed by atoms with Crippen LogP contribution in [-0.2, 0) is 9.47 Å². The maximum Gasteiger partial charge on any atom is 0.254 e. The minimum atomic E-state index is -0.338. The molecule has 124 valence electrons. The Labute approximate surface area is 135 Å². The molecule has 7 nitrogen and oxygen atoms in total. The van der Waals surface area contributed by atoms with E-state index >= 15 is 0 Å². The molecule has 1 atom stereocenters. The van der Waals surface area contributed by atoms with E-state index in [9.17, 15) is 0 Å². The Bertz CT molecular complexity index is 693. The summed E-state index contributed by atoms with van der Waals surface area (Å²) in [6, 6.07) is 1.97. The third kappa shape index (κ3) is 2.90. The van der Waals surface area contributed by atoms with E-state index in [0.29, 0.717) is 18.9 Å². The Morgan fingerprint density at radius 2 is 2.22 bits per heavy atom. The summed E-state index contributed by atoms with van der Waals surface area (Å²) in [6.45, 7) is 5.59. The maximum atomic E-state index is 6.24. The third-order valence-corrected chi connectivity index (χ3v) is 4.84. The van der Waals surface area contributed by atoms with Gasteiger partial charge in [-0.25, -0.2) is 4.98 Å². The molecule has 1 unspecified atom stereocenters. The Morgan fingerprint density at radius 1 is 1.39 bits per heavy atom. The number of fused-ring (bicyclic) bond motifs is 1. The van der Waals surface area contributed by atoms with Gasteiger partial charge in [-0.1, -0.05) is 6.92 Å². The topological polar surface area (TPSA) is 73.6 Å². The zero-order valence-corrected chi connectivity index (χ0v) is 13.7. The van der Waals surface area contributed by atoms with Gasteiger partial charge >= 0.3 is 0 Å². The van der Waals surface area contributed by atoms with E-state index in [2.05, 4.69) is 27.3 Å². The highest BCUT2D eigenvalue weighted by molar-refractivity contribution is 5.44. The van der Waals surface area contributed by atoms with Gasteiger partial charge in [-0.3, -0.25) is 0 Å². The molecule has 7 heteroatoms. The van der Waals surface area contributed by atoms with Gasteiger partial charge in [0.25, 0.3) is 5.78 Å². The van der Waals surface area contributed by atoms with Gasteiger partial charge in [-0.15, -0.1) is 0 Å². The predicted octanol–water partition coefficient (Wildman–Crippen LogP) is 2.17. The summed E-state index contributed by atoms with van der Waals surface area (Å²) in [7, 11) is 0. The Balaban J connectivity index is 1.41. The van der Waals surface area contributed by atoms with E-state index in [4.69, 9.17) is 9.47 Å². The maximum absolute atomic E-state index is 6.24. The van der Waals surface area contributed by atoms with Crippen LogP contribution in [-0.4, -0.2) is 44.6 Å². The van der Waals surface area contributed by atoms with Crippen molar-refractivity contribution in [2.75, 3.05) is 18.5 Å². The van der Waals surface area contributed by atoms with Gasteiger partial charge in [0.2, 0.25) is 0 Å². The van der Waals surface area contributed by atoms with Crippen LogP contribution in [0, 0.1) is 12.8 Å². The molecule has 0 bridgehead atoms. The van der Waals surface area contributed by atoms with Crippen LogP contribution in [0.1, 0.15) is 38.3 Å². The summed E-state index contributed by atoms with van der Waals surface area (Å²) in [5.74, 6) is 1.93. The number of nitrogens with zero attached hydrogens (tertiary/aromatic N) is 4. The summed E-state index contributed by atoms with van der Waals surface area (Å²) in [4.78, 5) is 8.48. The molecule has 23 heavy (non-hydrogen) atoms. The number of anilines is 1. The first-order chi connectivity index (χ1) is 11.1. The molecule has 2 aliphatic rings. The first-order valence-corrected chi connectivity index (χ1v) is 8.37. The second-order valence-corrected chi connectivity index (χ2v) is 6.78. The molecular formula is C16H23N5O2. The number of rotatable bonds is 3. The summed E-state index contributed by atoms with van der Waals surface area (Å²) in [5.41, 5.74) is 0.911. The highest BCUT2D eigenvalue weighted by atomic mass is 16.7. The molecule has 0 aromatic carbocycles. The molecule has 1 aliphatic carbocycles. The molecular weight excluding hydrogens is 294 g/mol. The van der Waals surface area contributed by atoms with E-state index in [1.165, 1.54) is 19.2 Å². The van der Waals surface area contributed by atoms with Crippen molar-refractivity contribution >= 4 is 11.6 Å². The second kappa shape index (κ2) is 5.72. The van der Waals surface area contributed by atoms with Gasteiger partial charge in [0.1, 0.15) is 18.2 Å². The lowest BCUT2D eigenvalue weighted by molar-refractivity contribution is -0.190. The number of hydrogen-bond donors (Lipinski definition) is 1. The van der Waals surface area contributed by atoms with Gasteiger partial charge in [-0.2, -0.15) is 14.6 Å². The molecule has 2 aromatic rings. The normalized spacial score (nSPS) is 31.0. The van der Waals surface area contributed by atoms with Crippen LogP contribution < -0.4 is 5.32 Å². The van der Waals surface area contributed by atoms with Crippen molar-refractivity contribution in [2.24, 2.45) is 5.92 Å². The molecule has 0 amide bonds. The van der Waals surface area contributed by atoms with Crippen LogP contribution >= 0.6 is 0 Å². The van der Waals surface area contributed by atoms with Crippen molar-refractivity contribution in [3.05, 3.63) is 18.1 Å². The minimum absolute atomic E-state index is 0.0652. The van der Waals surface area contributed by atoms with E-state index in [1.807, 2.05) is 13.0 Å². The number of hydrogen-bond acceptors (Lipinski definition) is 6. The SMILES string of the molecule is Cc1cc(NCC2COC3(CCC(C)CC3)O2)n2ncnc2n1. The quantitative estimate of drug-likeness (QED) is 0.935. The lowest BCUT2D eigenvalue weighted by Gasteiger charge is -2.34. The number of aromatic nitrogens is 4. The molecule has 1 spiro atoms. The summed E-state index contributed by atoms with van der Waals surface area (Å²) in [5, 5.41) is 7.61. The van der Waals surface area contributed by atoms with Crippen LogP contribution in [0.3, 0.4) is 0 Å². The molecule has 4 rings (SSSR count). The minimum Gasteiger partial charge on any atom is -0.367 e. The number of aryl methyl sites for hydroxylation is 1. The van der Waals surface area contributed by atoms with E-state index < -0.39 is 0 Å². The van der Waals surface area contributed by atoms with Gasteiger partial charge < -0.3 is 14.8 Å². The fourth-order valence-corrected chi connectivity index (χ4v) is 3.46. The monoisotopic (exact) mass is 317 g/mol. The highest BCUT2D eigenvalue weighted by Gasteiger charge is 2.43. The van der Waals surface area contributed by atoms with Crippen molar-refractivity contribution in [1.29, 1.82) is 0 Å².